The maximum atomic E-state index is 12.6. The van der Waals surface area contributed by atoms with Crippen molar-refractivity contribution in [2.45, 2.75) is 6.42 Å². The molecule has 0 fully saturated rings. The van der Waals surface area contributed by atoms with Gasteiger partial charge in [0.05, 0.1) is 18.6 Å². The van der Waals surface area contributed by atoms with Gasteiger partial charge in [0.2, 0.25) is 0 Å². The molecule has 0 aromatic heterocycles. The normalized spacial score (nSPS) is 10.2. The fourth-order valence-corrected chi connectivity index (χ4v) is 2.23. The highest BCUT2D eigenvalue weighted by atomic mass is 16.6. The van der Waals surface area contributed by atoms with E-state index in [4.69, 9.17) is 14.2 Å². The summed E-state index contributed by atoms with van der Waals surface area (Å²) in [7, 11) is 1.49. The van der Waals surface area contributed by atoms with Crippen LogP contribution in [0.2, 0.25) is 0 Å². The van der Waals surface area contributed by atoms with Crippen LogP contribution in [-0.2, 0) is 19.0 Å². The van der Waals surface area contributed by atoms with Crippen LogP contribution < -0.4 is 0 Å². The number of hydrogen-bond donors (Lipinski definition) is 0. The molecule has 0 radical (unpaired) electrons. The Kier molecular flexibility index (Phi) is 7.51. The van der Waals surface area contributed by atoms with Gasteiger partial charge in [-0.2, -0.15) is 0 Å². The number of ketones is 1. The molecule has 0 bridgehead atoms. The second-order valence-corrected chi connectivity index (χ2v) is 5.34. The van der Waals surface area contributed by atoms with Crippen LogP contribution in [0.3, 0.4) is 0 Å². The number of benzene rings is 2. The third kappa shape index (κ3) is 5.53. The summed E-state index contributed by atoms with van der Waals surface area (Å²) >= 11 is 0. The van der Waals surface area contributed by atoms with Crippen molar-refractivity contribution >= 4 is 17.7 Å². The monoisotopic (exact) mass is 356 g/mol. The lowest BCUT2D eigenvalue weighted by molar-refractivity contribution is -0.145. The highest BCUT2D eigenvalue weighted by Crippen LogP contribution is 2.15. The largest absolute Gasteiger partial charge is 0.462 e. The molecule has 2 rings (SSSR count). The molecule has 0 N–H and O–H groups in total. The Morgan fingerprint density at radius 3 is 2.08 bits per heavy atom. The molecule has 136 valence electrons. The van der Waals surface area contributed by atoms with Gasteiger partial charge in [-0.1, -0.05) is 48.5 Å². The molecule has 0 aliphatic heterocycles. The molecule has 0 aliphatic carbocycles. The first kappa shape index (κ1) is 19.3. The second kappa shape index (κ2) is 10.1. The van der Waals surface area contributed by atoms with E-state index in [1.165, 1.54) is 13.2 Å². The van der Waals surface area contributed by atoms with E-state index in [2.05, 4.69) is 0 Å². The zero-order valence-electron chi connectivity index (χ0n) is 14.5. The van der Waals surface area contributed by atoms with Crippen LogP contribution in [0, 0.1) is 0 Å². The van der Waals surface area contributed by atoms with Gasteiger partial charge in [-0.25, -0.2) is 4.79 Å². The third-order valence-corrected chi connectivity index (χ3v) is 3.52. The summed E-state index contributed by atoms with van der Waals surface area (Å²) in [5.41, 5.74) is 0.924. The zero-order valence-corrected chi connectivity index (χ0v) is 14.5. The molecular formula is C20H20O6. The minimum atomic E-state index is -0.641. The van der Waals surface area contributed by atoms with Crippen molar-refractivity contribution in [1.29, 1.82) is 0 Å². The van der Waals surface area contributed by atoms with Crippen LogP contribution in [0.5, 0.6) is 0 Å². The molecular weight excluding hydrogens is 336 g/mol. The molecule has 0 saturated heterocycles. The van der Waals surface area contributed by atoms with E-state index in [1.54, 1.807) is 42.5 Å². The van der Waals surface area contributed by atoms with E-state index in [0.717, 1.165) is 0 Å². The molecule has 0 amide bonds. The van der Waals surface area contributed by atoms with Gasteiger partial charge in [0.1, 0.15) is 13.2 Å². The predicted molar refractivity (Wildman–Crippen MR) is 94.1 cm³/mol. The maximum absolute atomic E-state index is 12.6. The Bertz CT molecular complexity index is 754. The minimum absolute atomic E-state index is 0.0525. The van der Waals surface area contributed by atoms with E-state index in [-0.39, 0.29) is 43.2 Å². The van der Waals surface area contributed by atoms with Crippen LogP contribution in [0.15, 0.2) is 54.6 Å². The summed E-state index contributed by atoms with van der Waals surface area (Å²) in [5.74, 6) is -1.33. The SMILES string of the molecule is COCCC(=O)OCCOC(=O)c1ccccc1C(=O)c1ccccc1. The van der Waals surface area contributed by atoms with Crippen molar-refractivity contribution in [2.75, 3.05) is 26.9 Å². The number of hydrogen-bond acceptors (Lipinski definition) is 6. The fraction of sp³-hybridized carbons (Fsp3) is 0.250. The first-order chi connectivity index (χ1) is 12.6. The maximum Gasteiger partial charge on any atom is 0.339 e. The Labute approximate surface area is 151 Å². The molecule has 2 aromatic rings. The average Bonchev–Trinajstić information content (AvgIpc) is 2.69. The second-order valence-electron chi connectivity index (χ2n) is 5.34. The molecule has 0 atom stereocenters. The van der Waals surface area contributed by atoms with Crippen LogP contribution in [-0.4, -0.2) is 44.7 Å². The number of ether oxygens (including phenoxy) is 3. The molecule has 6 nitrogen and oxygen atoms in total. The molecule has 0 unspecified atom stereocenters. The smallest absolute Gasteiger partial charge is 0.339 e. The Morgan fingerprint density at radius 2 is 1.38 bits per heavy atom. The predicted octanol–water partition coefficient (Wildman–Crippen LogP) is 2.65. The van der Waals surface area contributed by atoms with Crippen molar-refractivity contribution in [1.82, 2.24) is 0 Å². The molecule has 0 heterocycles. The standard InChI is InChI=1S/C20H20O6/c1-24-12-11-18(21)25-13-14-26-20(23)17-10-6-5-9-16(17)19(22)15-7-3-2-4-8-15/h2-10H,11-14H2,1H3. The lowest BCUT2D eigenvalue weighted by Gasteiger charge is -2.09. The first-order valence-corrected chi connectivity index (χ1v) is 8.14. The zero-order chi connectivity index (χ0) is 18.8. The van der Waals surface area contributed by atoms with Crippen molar-refractivity contribution in [3.8, 4) is 0 Å². The van der Waals surface area contributed by atoms with Gasteiger partial charge < -0.3 is 14.2 Å². The van der Waals surface area contributed by atoms with E-state index in [9.17, 15) is 14.4 Å². The Hall–Kier alpha value is -2.99. The number of carbonyl (C=O) groups is 3. The highest BCUT2D eigenvalue weighted by molar-refractivity contribution is 6.14. The van der Waals surface area contributed by atoms with Crippen LogP contribution in [0.4, 0.5) is 0 Å². The summed E-state index contributed by atoms with van der Waals surface area (Å²) in [5, 5.41) is 0. The summed E-state index contributed by atoms with van der Waals surface area (Å²) in [6, 6.07) is 15.1. The van der Waals surface area contributed by atoms with Crippen molar-refractivity contribution in [3.05, 3.63) is 71.3 Å². The van der Waals surface area contributed by atoms with Gasteiger partial charge in [0.25, 0.3) is 0 Å². The number of rotatable bonds is 9. The first-order valence-electron chi connectivity index (χ1n) is 8.14. The highest BCUT2D eigenvalue weighted by Gasteiger charge is 2.19. The van der Waals surface area contributed by atoms with E-state index in [1.807, 2.05) is 6.07 Å². The molecule has 0 aliphatic rings. The van der Waals surface area contributed by atoms with Crippen LogP contribution >= 0.6 is 0 Å². The number of methoxy groups -OCH3 is 1. The average molecular weight is 356 g/mol. The van der Waals surface area contributed by atoms with Crippen LogP contribution in [0.25, 0.3) is 0 Å². The molecule has 26 heavy (non-hydrogen) atoms. The quantitative estimate of drug-likeness (QED) is 0.390. The Morgan fingerprint density at radius 1 is 0.769 bits per heavy atom. The van der Waals surface area contributed by atoms with E-state index < -0.39 is 11.9 Å². The number of carbonyl (C=O) groups excluding carboxylic acids is 3. The van der Waals surface area contributed by atoms with Gasteiger partial charge in [-0.15, -0.1) is 0 Å². The minimum Gasteiger partial charge on any atom is -0.462 e. The summed E-state index contributed by atoms with van der Waals surface area (Å²) in [6.45, 7) is 0.127. The van der Waals surface area contributed by atoms with E-state index >= 15 is 0 Å². The van der Waals surface area contributed by atoms with Crippen LogP contribution in [0.1, 0.15) is 32.7 Å². The van der Waals surface area contributed by atoms with Crippen molar-refractivity contribution in [2.24, 2.45) is 0 Å². The van der Waals surface area contributed by atoms with Gasteiger partial charge in [0, 0.05) is 18.2 Å². The summed E-state index contributed by atoms with van der Waals surface area (Å²) < 4.78 is 14.8. The van der Waals surface area contributed by atoms with Crippen molar-refractivity contribution in [3.63, 3.8) is 0 Å². The lowest BCUT2D eigenvalue weighted by atomic mass is 9.98. The van der Waals surface area contributed by atoms with Gasteiger partial charge in [-0.3, -0.25) is 9.59 Å². The molecule has 2 aromatic carbocycles. The van der Waals surface area contributed by atoms with Gasteiger partial charge in [-0.05, 0) is 6.07 Å². The molecule has 0 spiro atoms. The topological polar surface area (TPSA) is 78.9 Å². The van der Waals surface area contributed by atoms with Gasteiger partial charge >= 0.3 is 11.9 Å². The number of esters is 2. The Balaban J connectivity index is 1.95. The van der Waals surface area contributed by atoms with Crippen molar-refractivity contribution < 1.29 is 28.6 Å². The third-order valence-electron chi connectivity index (χ3n) is 3.52. The lowest BCUT2D eigenvalue weighted by Crippen LogP contribution is -2.17. The molecule has 6 heteroatoms. The molecule has 0 saturated carbocycles. The summed E-state index contributed by atoms with van der Waals surface area (Å²) in [4.78, 5) is 36.2. The van der Waals surface area contributed by atoms with Gasteiger partial charge in [0.15, 0.2) is 5.78 Å². The fourth-order valence-electron chi connectivity index (χ4n) is 2.23. The summed E-state index contributed by atoms with van der Waals surface area (Å²) in [6.07, 6.45) is 0.138. The van der Waals surface area contributed by atoms with E-state index in [0.29, 0.717) is 5.56 Å².